The fraction of sp³-hybridized carbons (Fsp3) is 0.182. The van der Waals surface area contributed by atoms with E-state index < -0.39 is 36.0 Å². The molecule has 10 heteroatoms. The highest BCUT2D eigenvalue weighted by atomic mass is 19.4. The van der Waals surface area contributed by atoms with Gasteiger partial charge in [-0.05, 0) is 54.3 Å². The molecule has 0 radical (unpaired) electrons. The third-order valence-electron chi connectivity index (χ3n) is 7.00. The molecule has 43 heavy (non-hydrogen) atoms. The maximum atomic E-state index is 13.3. The van der Waals surface area contributed by atoms with Gasteiger partial charge in [-0.15, -0.1) is 0 Å². The summed E-state index contributed by atoms with van der Waals surface area (Å²) in [6, 6.07) is 24.1. The van der Waals surface area contributed by atoms with E-state index in [0.717, 1.165) is 34.3 Å². The summed E-state index contributed by atoms with van der Waals surface area (Å²) in [6.07, 6.45) is -1.45. The van der Waals surface area contributed by atoms with Crippen molar-refractivity contribution in [2.24, 2.45) is 0 Å². The topological polar surface area (TPSA) is 85.3 Å². The maximum absolute atomic E-state index is 13.3. The molecule has 0 spiro atoms. The summed E-state index contributed by atoms with van der Waals surface area (Å²) in [5, 5.41) is 7.92. The number of ether oxygens (including phenoxy) is 1. The Balaban J connectivity index is 1.39. The average Bonchev–Trinajstić information content (AvgIpc) is 3.48. The van der Waals surface area contributed by atoms with Crippen molar-refractivity contribution in [3.8, 4) is 5.69 Å². The van der Waals surface area contributed by atoms with E-state index in [1.807, 2.05) is 72.2 Å². The summed E-state index contributed by atoms with van der Waals surface area (Å²) in [7, 11) is 0. The van der Waals surface area contributed by atoms with E-state index >= 15 is 0 Å². The number of esters is 1. The molecule has 2 N–H and O–H groups in total. The van der Waals surface area contributed by atoms with Crippen molar-refractivity contribution >= 4 is 39.7 Å². The number of amides is 1. The van der Waals surface area contributed by atoms with Crippen LogP contribution in [0, 0.1) is 0 Å². The van der Waals surface area contributed by atoms with Crippen molar-refractivity contribution < 1.29 is 27.5 Å². The SMILES string of the molecule is CCOC(=O)CC(=O)Nc1c(Nc2ccc(-n3ccnc3C(C)c3cccc(C(F)(F)F)c3)cc2)ccc2ccccc12. The number of nitrogens with zero attached hydrogens (tertiary/aromatic N) is 2. The highest BCUT2D eigenvalue weighted by Crippen LogP contribution is 2.35. The summed E-state index contributed by atoms with van der Waals surface area (Å²) >= 11 is 0. The Kier molecular flexibility index (Phi) is 8.47. The molecule has 4 aromatic carbocycles. The minimum absolute atomic E-state index is 0.188. The van der Waals surface area contributed by atoms with Crippen LogP contribution in [0.1, 0.15) is 43.1 Å². The third-order valence-corrected chi connectivity index (χ3v) is 7.00. The number of halogens is 3. The molecule has 0 aliphatic heterocycles. The van der Waals surface area contributed by atoms with Crippen LogP contribution < -0.4 is 10.6 Å². The maximum Gasteiger partial charge on any atom is 0.416 e. The quantitative estimate of drug-likeness (QED) is 0.136. The van der Waals surface area contributed by atoms with Gasteiger partial charge in [0.15, 0.2) is 0 Å². The molecule has 0 fully saturated rings. The summed E-state index contributed by atoms with van der Waals surface area (Å²) in [6.45, 7) is 3.69. The standard InChI is InChI=1S/C33H29F3N4O3/c1-3-43-30(42)20-29(41)39-31-27-10-5-4-7-22(27)11-16-28(31)38-25-12-14-26(15-13-25)40-18-17-37-32(40)21(2)23-8-6-9-24(19-23)33(34,35)36/h4-19,21,38H,3,20H2,1-2H3,(H,39,41). The summed E-state index contributed by atoms with van der Waals surface area (Å²) in [4.78, 5) is 29.0. The van der Waals surface area contributed by atoms with Gasteiger partial charge >= 0.3 is 12.1 Å². The zero-order chi connectivity index (χ0) is 30.6. The number of rotatable bonds is 9. The normalized spacial score (nSPS) is 12.1. The zero-order valence-electron chi connectivity index (χ0n) is 23.5. The van der Waals surface area contributed by atoms with Crippen LogP contribution in [0.3, 0.4) is 0 Å². The van der Waals surface area contributed by atoms with Gasteiger partial charge in [0.25, 0.3) is 0 Å². The van der Waals surface area contributed by atoms with Gasteiger partial charge in [0, 0.05) is 35.1 Å². The lowest BCUT2D eigenvalue weighted by atomic mass is 9.98. The number of carbonyl (C=O) groups excluding carboxylic acids is 2. The molecule has 0 bridgehead atoms. The number of nitrogens with one attached hydrogen (secondary N) is 2. The number of fused-ring (bicyclic) bond motifs is 1. The molecule has 1 amide bonds. The fourth-order valence-corrected chi connectivity index (χ4v) is 4.89. The molecular formula is C33H29F3N4O3. The molecule has 1 atom stereocenters. The number of anilines is 3. The largest absolute Gasteiger partial charge is 0.466 e. The number of carbonyl (C=O) groups is 2. The predicted molar refractivity (Wildman–Crippen MR) is 160 cm³/mol. The van der Waals surface area contributed by atoms with Gasteiger partial charge in [0.2, 0.25) is 5.91 Å². The van der Waals surface area contributed by atoms with Crippen molar-refractivity contribution in [3.05, 3.63) is 114 Å². The van der Waals surface area contributed by atoms with Crippen molar-refractivity contribution in [2.75, 3.05) is 17.2 Å². The Morgan fingerprint density at radius 2 is 1.74 bits per heavy atom. The lowest BCUT2D eigenvalue weighted by molar-refractivity contribution is -0.145. The monoisotopic (exact) mass is 586 g/mol. The second-order valence-electron chi connectivity index (χ2n) is 9.91. The summed E-state index contributed by atoms with van der Waals surface area (Å²) in [5.74, 6) is -0.892. The van der Waals surface area contributed by atoms with Gasteiger partial charge in [0.1, 0.15) is 12.2 Å². The van der Waals surface area contributed by atoms with Crippen LogP contribution in [0.25, 0.3) is 16.5 Å². The van der Waals surface area contributed by atoms with Gasteiger partial charge in [0.05, 0.1) is 23.5 Å². The lowest BCUT2D eigenvalue weighted by Gasteiger charge is -2.18. The molecule has 0 saturated carbocycles. The minimum Gasteiger partial charge on any atom is -0.466 e. The predicted octanol–water partition coefficient (Wildman–Crippen LogP) is 7.83. The highest BCUT2D eigenvalue weighted by Gasteiger charge is 2.31. The zero-order valence-corrected chi connectivity index (χ0v) is 23.5. The minimum atomic E-state index is -4.43. The highest BCUT2D eigenvalue weighted by molar-refractivity contribution is 6.10. The Morgan fingerprint density at radius 3 is 2.49 bits per heavy atom. The first kappa shape index (κ1) is 29.4. The van der Waals surface area contributed by atoms with Crippen LogP contribution in [0.2, 0.25) is 0 Å². The van der Waals surface area contributed by atoms with Crippen molar-refractivity contribution in [1.29, 1.82) is 0 Å². The number of aromatic nitrogens is 2. The molecular weight excluding hydrogens is 557 g/mol. The lowest BCUT2D eigenvalue weighted by Crippen LogP contribution is -2.19. The first-order chi connectivity index (χ1) is 20.6. The van der Waals surface area contributed by atoms with Gasteiger partial charge in [-0.2, -0.15) is 13.2 Å². The average molecular weight is 587 g/mol. The molecule has 0 saturated heterocycles. The molecule has 1 unspecified atom stereocenters. The molecule has 1 heterocycles. The Morgan fingerprint density at radius 1 is 0.977 bits per heavy atom. The molecule has 0 aliphatic rings. The third kappa shape index (κ3) is 6.69. The molecule has 0 aliphatic carbocycles. The first-order valence-electron chi connectivity index (χ1n) is 13.7. The van der Waals surface area contributed by atoms with E-state index in [2.05, 4.69) is 15.6 Å². The molecule has 1 aromatic heterocycles. The van der Waals surface area contributed by atoms with Crippen LogP contribution in [0.5, 0.6) is 0 Å². The smallest absolute Gasteiger partial charge is 0.416 e. The van der Waals surface area contributed by atoms with Gasteiger partial charge < -0.3 is 19.9 Å². The van der Waals surface area contributed by atoms with Gasteiger partial charge in [-0.25, -0.2) is 4.98 Å². The van der Waals surface area contributed by atoms with Crippen molar-refractivity contribution in [2.45, 2.75) is 32.4 Å². The Bertz CT molecular complexity index is 1760. The number of hydrogen-bond acceptors (Lipinski definition) is 5. The number of imidazole rings is 1. The second-order valence-corrected chi connectivity index (χ2v) is 9.91. The van der Waals surface area contributed by atoms with E-state index in [9.17, 15) is 22.8 Å². The Hall–Kier alpha value is -5.12. The van der Waals surface area contributed by atoms with Crippen LogP contribution in [0.4, 0.5) is 30.2 Å². The van der Waals surface area contributed by atoms with Crippen molar-refractivity contribution in [1.82, 2.24) is 9.55 Å². The first-order valence-corrected chi connectivity index (χ1v) is 13.7. The van der Waals surface area contributed by atoms with Crippen LogP contribution in [0.15, 0.2) is 97.3 Å². The fourth-order valence-electron chi connectivity index (χ4n) is 4.89. The van der Waals surface area contributed by atoms with E-state index in [0.29, 0.717) is 22.8 Å². The van der Waals surface area contributed by atoms with Crippen LogP contribution in [-0.4, -0.2) is 28.0 Å². The second kappa shape index (κ2) is 12.4. The van der Waals surface area contributed by atoms with Gasteiger partial charge in [-0.1, -0.05) is 55.5 Å². The number of alkyl halides is 3. The van der Waals surface area contributed by atoms with E-state index in [-0.39, 0.29) is 6.61 Å². The molecule has 220 valence electrons. The number of benzene rings is 4. The van der Waals surface area contributed by atoms with E-state index in [4.69, 9.17) is 4.74 Å². The molecule has 5 aromatic rings. The van der Waals surface area contributed by atoms with E-state index in [1.54, 1.807) is 25.4 Å². The Labute approximate surface area is 246 Å². The van der Waals surface area contributed by atoms with E-state index in [1.165, 1.54) is 6.07 Å². The molecule has 5 rings (SSSR count). The summed E-state index contributed by atoms with van der Waals surface area (Å²) < 4.78 is 46.6. The number of hydrogen-bond donors (Lipinski definition) is 2. The molecule has 7 nitrogen and oxygen atoms in total. The van der Waals surface area contributed by atoms with Crippen LogP contribution in [-0.2, 0) is 20.5 Å². The van der Waals surface area contributed by atoms with Gasteiger partial charge in [-0.3, -0.25) is 9.59 Å². The van der Waals surface area contributed by atoms with Crippen molar-refractivity contribution in [3.63, 3.8) is 0 Å². The van der Waals surface area contributed by atoms with Crippen LogP contribution >= 0.6 is 0 Å². The summed E-state index contributed by atoms with van der Waals surface area (Å²) in [5.41, 5.74) is 2.48.